The summed E-state index contributed by atoms with van der Waals surface area (Å²) in [6.07, 6.45) is 1.66. The summed E-state index contributed by atoms with van der Waals surface area (Å²) in [5.74, 6) is 0.0148. The Labute approximate surface area is 110 Å². The topological polar surface area (TPSA) is 91.5 Å². The fourth-order valence-electron chi connectivity index (χ4n) is 2.24. The number of nitrogens with zero attached hydrogens (tertiary/aromatic N) is 2. The Hall–Kier alpha value is -1.34. The summed E-state index contributed by atoms with van der Waals surface area (Å²) in [6.45, 7) is 3.11. The largest absolute Gasteiger partial charge is 0.388 e. The highest BCUT2D eigenvalue weighted by molar-refractivity contribution is 7.11. The van der Waals surface area contributed by atoms with Gasteiger partial charge in [-0.15, -0.1) is 0 Å². The molecular formula is C11H18N4O2S. The molecule has 0 saturated carbocycles. The molecule has 2 heterocycles. The van der Waals surface area contributed by atoms with Gasteiger partial charge in [0, 0.05) is 20.1 Å². The molecule has 1 atom stereocenters. The number of aromatic nitrogens is 1. The van der Waals surface area contributed by atoms with Crippen molar-refractivity contribution < 1.29 is 9.90 Å². The van der Waals surface area contributed by atoms with Gasteiger partial charge in [-0.05, 0) is 31.3 Å². The van der Waals surface area contributed by atoms with E-state index >= 15 is 0 Å². The maximum atomic E-state index is 11.8. The highest BCUT2D eigenvalue weighted by Gasteiger charge is 2.32. The smallest absolute Gasteiger partial charge is 0.257 e. The van der Waals surface area contributed by atoms with Crippen molar-refractivity contribution in [2.45, 2.75) is 25.4 Å². The van der Waals surface area contributed by atoms with E-state index in [0.29, 0.717) is 12.1 Å². The van der Waals surface area contributed by atoms with Gasteiger partial charge < -0.3 is 21.1 Å². The van der Waals surface area contributed by atoms with Crippen molar-refractivity contribution in [2.75, 3.05) is 30.8 Å². The van der Waals surface area contributed by atoms with Crippen LogP contribution in [0.3, 0.4) is 0 Å². The van der Waals surface area contributed by atoms with Crippen molar-refractivity contribution in [1.29, 1.82) is 0 Å². The highest BCUT2D eigenvalue weighted by atomic mass is 32.1. The summed E-state index contributed by atoms with van der Waals surface area (Å²) < 4.78 is 4.04. The average Bonchev–Trinajstić information content (AvgIpc) is 2.69. The highest BCUT2D eigenvalue weighted by Crippen LogP contribution is 2.34. The molecule has 1 fully saturated rings. The first kappa shape index (κ1) is 13.1. The second-order valence-electron chi connectivity index (χ2n) is 4.85. The molecular weight excluding hydrogens is 252 g/mol. The number of carbonyl (C=O) groups is 1. The quantitative estimate of drug-likeness (QED) is 0.725. The molecule has 0 radical (unpaired) electrons. The number of nitrogens with two attached hydrogens (primary N) is 1. The lowest BCUT2D eigenvalue weighted by atomic mass is 9.95. The van der Waals surface area contributed by atoms with E-state index in [2.05, 4.69) is 9.69 Å². The molecule has 1 amide bonds. The molecule has 1 aromatic heterocycles. The molecule has 0 aliphatic carbocycles. The van der Waals surface area contributed by atoms with Crippen molar-refractivity contribution in [3.05, 3.63) is 5.56 Å². The van der Waals surface area contributed by atoms with Crippen molar-refractivity contribution >= 4 is 28.3 Å². The Bertz CT molecular complexity index is 458. The number of rotatable bonds is 2. The van der Waals surface area contributed by atoms with Crippen molar-refractivity contribution in [2.24, 2.45) is 0 Å². The molecule has 6 nitrogen and oxygen atoms in total. The average molecular weight is 270 g/mol. The number of β-amino-alcohol motifs (C(OH)–C–C–N with tert-alkyl or cyclic N) is 1. The van der Waals surface area contributed by atoms with Gasteiger partial charge in [0.1, 0.15) is 10.6 Å². The van der Waals surface area contributed by atoms with Gasteiger partial charge >= 0.3 is 0 Å². The summed E-state index contributed by atoms with van der Waals surface area (Å²) in [4.78, 5) is 13.8. The minimum atomic E-state index is -0.725. The zero-order valence-electron chi connectivity index (χ0n) is 10.6. The fraction of sp³-hybridized carbons (Fsp3) is 0.636. The third-order valence-corrected chi connectivity index (χ3v) is 4.04. The van der Waals surface area contributed by atoms with Crippen molar-refractivity contribution in [3.8, 4) is 0 Å². The van der Waals surface area contributed by atoms with Gasteiger partial charge in [0.25, 0.3) is 5.91 Å². The van der Waals surface area contributed by atoms with Gasteiger partial charge in [-0.3, -0.25) is 4.79 Å². The van der Waals surface area contributed by atoms with Crippen LogP contribution < -0.4 is 16.0 Å². The number of piperidine rings is 1. The Morgan fingerprint density at radius 3 is 3.00 bits per heavy atom. The fourth-order valence-corrected chi connectivity index (χ4v) is 3.08. The number of nitrogen functional groups attached to an aromatic ring is 1. The Morgan fingerprint density at radius 2 is 2.39 bits per heavy atom. The van der Waals surface area contributed by atoms with Crippen LogP contribution in [-0.2, 0) is 0 Å². The lowest BCUT2D eigenvalue weighted by molar-refractivity contribution is 0.0450. The van der Waals surface area contributed by atoms with E-state index in [-0.39, 0.29) is 11.7 Å². The predicted octanol–water partition coefficient (Wildman–Crippen LogP) is 0.436. The molecule has 1 aromatic rings. The molecule has 7 heteroatoms. The molecule has 4 N–H and O–H groups in total. The molecule has 100 valence electrons. The molecule has 1 saturated heterocycles. The molecule has 0 aromatic carbocycles. The van der Waals surface area contributed by atoms with Crippen LogP contribution in [0.1, 0.15) is 30.1 Å². The van der Waals surface area contributed by atoms with Crippen molar-refractivity contribution in [1.82, 2.24) is 9.69 Å². The normalized spacial score (nSPS) is 24.1. The van der Waals surface area contributed by atoms with Gasteiger partial charge in [-0.25, -0.2) is 0 Å². The van der Waals surface area contributed by atoms with E-state index in [1.807, 2.05) is 11.8 Å². The summed E-state index contributed by atoms with van der Waals surface area (Å²) in [7, 11) is 1.57. The van der Waals surface area contributed by atoms with Crippen molar-refractivity contribution in [3.63, 3.8) is 0 Å². The minimum absolute atomic E-state index is 0.235. The minimum Gasteiger partial charge on any atom is -0.388 e. The van der Waals surface area contributed by atoms with E-state index in [9.17, 15) is 9.90 Å². The zero-order chi connectivity index (χ0) is 13.3. The van der Waals surface area contributed by atoms with E-state index in [1.54, 1.807) is 7.05 Å². The number of aliphatic hydroxyl groups is 1. The number of hydrogen-bond donors (Lipinski definition) is 3. The summed E-state index contributed by atoms with van der Waals surface area (Å²) in [5, 5.41) is 13.4. The molecule has 2 rings (SSSR count). The maximum absolute atomic E-state index is 11.8. The maximum Gasteiger partial charge on any atom is 0.257 e. The third-order valence-electron chi connectivity index (χ3n) is 3.12. The predicted molar refractivity (Wildman–Crippen MR) is 72.0 cm³/mol. The number of amides is 1. The van der Waals surface area contributed by atoms with Crippen LogP contribution in [0.2, 0.25) is 0 Å². The van der Waals surface area contributed by atoms with Gasteiger partial charge in [-0.1, -0.05) is 0 Å². The summed E-state index contributed by atoms with van der Waals surface area (Å²) in [6, 6.07) is 0. The number of nitrogens with one attached hydrogen (secondary N) is 1. The number of hydrogen-bond acceptors (Lipinski definition) is 6. The van der Waals surface area contributed by atoms with Crippen LogP contribution in [0.5, 0.6) is 0 Å². The lowest BCUT2D eigenvalue weighted by Crippen LogP contribution is -2.46. The van der Waals surface area contributed by atoms with Gasteiger partial charge in [0.2, 0.25) is 0 Å². The molecule has 0 spiro atoms. The third kappa shape index (κ3) is 2.41. The second kappa shape index (κ2) is 4.74. The van der Waals surface area contributed by atoms with Crippen LogP contribution in [0.15, 0.2) is 0 Å². The molecule has 1 aliphatic heterocycles. The number of carbonyl (C=O) groups excluding carboxylic acids is 1. The van der Waals surface area contributed by atoms with Crippen LogP contribution >= 0.6 is 11.5 Å². The van der Waals surface area contributed by atoms with E-state index < -0.39 is 5.60 Å². The Morgan fingerprint density at radius 1 is 1.67 bits per heavy atom. The van der Waals surface area contributed by atoms with E-state index in [1.165, 1.54) is 11.5 Å². The molecule has 1 aliphatic rings. The summed E-state index contributed by atoms with van der Waals surface area (Å²) in [5.41, 5.74) is 5.43. The van der Waals surface area contributed by atoms with Gasteiger partial charge in [0.15, 0.2) is 5.82 Å². The molecule has 18 heavy (non-hydrogen) atoms. The Balaban J connectivity index is 2.31. The first-order valence-corrected chi connectivity index (χ1v) is 6.66. The van der Waals surface area contributed by atoms with Crippen LogP contribution in [0.4, 0.5) is 10.8 Å². The van der Waals surface area contributed by atoms with E-state index in [0.717, 1.165) is 24.4 Å². The van der Waals surface area contributed by atoms with Gasteiger partial charge in [0.05, 0.1) is 5.60 Å². The monoisotopic (exact) mass is 270 g/mol. The van der Waals surface area contributed by atoms with Crippen LogP contribution in [-0.4, -0.2) is 41.1 Å². The first-order chi connectivity index (χ1) is 8.44. The Kier molecular flexibility index (Phi) is 3.45. The zero-order valence-corrected chi connectivity index (χ0v) is 11.4. The summed E-state index contributed by atoms with van der Waals surface area (Å²) >= 11 is 1.21. The van der Waals surface area contributed by atoms with Gasteiger partial charge in [-0.2, -0.15) is 4.37 Å². The molecule has 0 bridgehead atoms. The van der Waals surface area contributed by atoms with E-state index in [4.69, 9.17) is 5.73 Å². The second-order valence-corrected chi connectivity index (χ2v) is 5.60. The lowest BCUT2D eigenvalue weighted by Gasteiger charge is -2.37. The first-order valence-electron chi connectivity index (χ1n) is 5.89. The standard InChI is InChI=1S/C11H18N4O2S/c1-11(17)4-3-5-15(6-11)10-7(9(16)13-2)8(12)14-18-10/h17H,3-6H2,1-2H3,(H2,12,14)(H,13,16). The number of anilines is 2. The SMILES string of the molecule is CNC(=O)c1c(N)nsc1N1CCCC(C)(O)C1. The van der Waals surface area contributed by atoms with Crippen LogP contribution in [0, 0.1) is 0 Å². The van der Waals surface area contributed by atoms with Crippen LogP contribution in [0.25, 0.3) is 0 Å². The molecule has 1 unspecified atom stereocenters.